The van der Waals surface area contributed by atoms with Crippen molar-refractivity contribution >= 4 is 22.6 Å². The molecule has 1 saturated heterocycles. The lowest BCUT2D eigenvalue weighted by Crippen LogP contribution is -2.49. The standard InChI is InChI=1S/C23H18F3N5O2/c24-23(25,26)19-7-6-16-20(29-19)17(15-4-2-1-3-5-15)14-27-21(16)30-10-12-31(13-11-30)22(32)18-8-9-28-33-18/h1-9,14H,10-13H2. The highest BCUT2D eigenvalue weighted by Gasteiger charge is 2.33. The SMILES string of the molecule is O=C(c1ccno1)N1CCN(c2ncc(-c3ccccc3)c3nc(C(F)(F)F)ccc23)CC1. The molecule has 3 aromatic heterocycles. The Bertz CT molecular complexity index is 1280. The Hall–Kier alpha value is -3.95. The van der Waals surface area contributed by atoms with Crippen LogP contribution >= 0.6 is 0 Å². The zero-order chi connectivity index (χ0) is 23.0. The first kappa shape index (κ1) is 20.9. The molecule has 168 valence electrons. The predicted molar refractivity (Wildman–Crippen MR) is 115 cm³/mol. The van der Waals surface area contributed by atoms with Crippen molar-refractivity contribution in [3.63, 3.8) is 0 Å². The fraction of sp³-hybridized carbons (Fsp3) is 0.217. The van der Waals surface area contributed by atoms with E-state index in [-0.39, 0.29) is 17.2 Å². The Balaban J connectivity index is 1.50. The molecule has 0 unspecified atom stereocenters. The highest BCUT2D eigenvalue weighted by Crippen LogP contribution is 2.36. The molecule has 0 aliphatic carbocycles. The maximum Gasteiger partial charge on any atom is 0.433 e. The first-order valence-corrected chi connectivity index (χ1v) is 10.3. The molecule has 5 rings (SSSR count). The molecule has 1 aliphatic rings. The van der Waals surface area contributed by atoms with Crippen molar-refractivity contribution in [1.29, 1.82) is 0 Å². The number of aromatic nitrogens is 3. The van der Waals surface area contributed by atoms with Crippen molar-refractivity contribution in [3.05, 3.63) is 72.4 Å². The number of carbonyl (C=O) groups excluding carboxylic acids is 1. The number of hydrogen-bond acceptors (Lipinski definition) is 6. The van der Waals surface area contributed by atoms with Gasteiger partial charge in [0.25, 0.3) is 5.91 Å². The molecule has 1 fully saturated rings. The molecule has 0 saturated carbocycles. The summed E-state index contributed by atoms with van der Waals surface area (Å²) in [5.74, 6) is 0.460. The molecule has 4 aromatic rings. The number of piperazine rings is 1. The smallest absolute Gasteiger partial charge is 0.353 e. The van der Waals surface area contributed by atoms with Gasteiger partial charge < -0.3 is 14.3 Å². The van der Waals surface area contributed by atoms with Gasteiger partial charge in [-0.1, -0.05) is 35.5 Å². The third-order valence-electron chi connectivity index (χ3n) is 5.60. The van der Waals surface area contributed by atoms with Gasteiger partial charge in [-0.05, 0) is 17.7 Å². The van der Waals surface area contributed by atoms with Crippen molar-refractivity contribution in [3.8, 4) is 11.1 Å². The number of rotatable bonds is 3. The lowest BCUT2D eigenvalue weighted by Gasteiger charge is -2.35. The molecule has 0 radical (unpaired) electrons. The van der Waals surface area contributed by atoms with Crippen LogP contribution in [-0.4, -0.2) is 52.1 Å². The molecule has 1 amide bonds. The summed E-state index contributed by atoms with van der Waals surface area (Å²) >= 11 is 0. The zero-order valence-electron chi connectivity index (χ0n) is 17.3. The first-order valence-electron chi connectivity index (χ1n) is 10.3. The molecule has 0 N–H and O–H groups in total. The van der Waals surface area contributed by atoms with E-state index in [1.54, 1.807) is 11.1 Å². The minimum Gasteiger partial charge on any atom is -0.353 e. The van der Waals surface area contributed by atoms with E-state index in [4.69, 9.17) is 4.52 Å². The van der Waals surface area contributed by atoms with Gasteiger partial charge in [0.05, 0.1) is 11.7 Å². The Labute approximate surface area is 186 Å². The van der Waals surface area contributed by atoms with Gasteiger partial charge in [0, 0.05) is 49.4 Å². The van der Waals surface area contributed by atoms with E-state index in [2.05, 4.69) is 15.1 Å². The molecule has 7 nitrogen and oxygen atoms in total. The van der Waals surface area contributed by atoms with E-state index in [0.29, 0.717) is 42.9 Å². The van der Waals surface area contributed by atoms with E-state index < -0.39 is 11.9 Å². The van der Waals surface area contributed by atoms with Gasteiger partial charge in [-0.3, -0.25) is 4.79 Å². The Morgan fingerprint density at radius 2 is 1.73 bits per heavy atom. The Kier molecular flexibility index (Phi) is 5.20. The van der Waals surface area contributed by atoms with Crippen LogP contribution in [0.4, 0.5) is 19.0 Å². The molecule has 4 heterocycles. The fourth-order valence-corrected chi connectivity index (χ4v) is 3.94. The van der Waals surface area contributed by atoms with Crippen LogP contribution in [0.1, 0.15) is 16.2 Å². The number of nitrogens with zero attached hydrogens (tertiary/aromatic N) is 5. The van der Waals surface area contributed by atoms with Crippen LogP contribution in [0.2, 0.25) is 0 Å². The second-order valence-electron chi connectivity index (χ2n) is 7.61. The lowest BCUT2D eigenvalue weighted by atomic mass is 10.0. The van der Waals surface area contributed by atoms with E-state index in [9.17, 15) is 18.0 Å². The third kappa shape index (κ3) is 3.99. The second-order valence-corrected chi connectivity index (χ2v) is 7.61. The number of benzene rings is 1. The fourth-order valence-electron chi connectivity index (χ4n) is 3.94. The number of halogens is 3. The highest BCUT2D eigenvalue weighted by atomic mass is 19.4. The molecule has 10 heteroatoms. The number of carbonyl (C=O) groups is 1. The summed E-state index contributed by atoms with van der Waals surface area (Å²) in [7, 11) is 0. The average Bonchev–Trinajstić information content (AvgIpc) is 3.38. The van der Waals surface area contributed by atoms with Gasteiger partial charge in [0.2, 0.25) is 5.76 Å². The van der Waals surface area contributed by atoms with Crippen LogP contribution in [0.3, 0.4) is 0 Å². The molecule has 0 spiro atoms. The number of anilines is 1. The summed E-state index contributed by atoms with van der Waals surface area (Å²) in [4.78, 5) is 24.7. The van der Waals surface area contributed by atoms with Crippen molar-refractivity contribution < 1.29 is 22.5 Å². The van der Waals surface area contributed by atoms with E-state index in [0.717, 1.165) is 11.6 Å². The van der Waals surface area contributed by atoms with Gasteiger partial charge in [-0.15, -0.1) is 0 Å². The second kappa shape index (κ2) is 8.19. The molecule has 33 heavy (non-hydrogen) atoms. The molecule has 1 aromatic carbocycles. The highest BCUT2D eigenvalue weighted by molar-refractivity contribution is 5.99. The van der Waals surface area contributed by atoms with Crippen LogP contribution < -0.4 is 4.90 Å². The number of fused-ring (bicyclic) bond motifs is 1. The van der Waals surface area contributed by atoms with E-state index in [1.807, 2.05) is 35.2 Å². The normalized spacial score (nSPS) is 14.6. The van der Waals surface area contributed by atoms with Gasteiger partial charge in [0.1, 0.15) is 11.5 Å². The van der Waals surface area contributed by atoms with Crippen molar-refractivity contribution in [1.82, 2.24) is 20.0 Å². The van der Waals surface area contributed by atoms with Gasteiger partial charge in [-0.25, -0.2) is 9.97 Å². The minimum atomic E-state index is -4.56. The topological polar surface area (TPSA) is 75.4 Å². The van der Waals surface area contributed by atoms with Gasteiger partial charge in [-0.2, -0.15) is 13.2 Å². The summed E-state index contributed by atoms with van der Waals surface area (Å²) in [6.45, 7) is 1.76. The van der Waals surface area contributed by atoms with Crippen molar-refractivity contribution in [2.45, 2.75) is 6.18 Å². The van der Waals surface area contributed by atoms with Crippen LogP contribution in [0.15, 0.2) is 65.4 Å². The van der Waals surface area contributed by atoms with E-state index in [1.165, 1.54) is 18.3 Å². The largest absolute Gasteiger partial charge is 0.433 e. The summed E-state index contributed by atoms with van der Waals surface area (Å²) in [5.41, 5.74) is 0.545. The maximum absolute atomic E-state index is 13.4. The number of hydrogen-bond donors (Lipinski definition) is 0. The van der Waals surface area contributed by atoms with Gasteiger partial charge >= 0.3 is 6.18 Å². The zero-order valence-corrected chi connectivity index (χ0v) is 17.3. The number of amides is 1. The lowest BCUT2D eigenvalue weighted by molar-refractivity contribution is -0.140. The predicted octanol–water partition coefficient (Wildman–Crippen LogP) is 4.27. The molecule has 0 atom stereocenters. The van der Waals surface area contributed by atoms with E-state index >= 15 is 0 Å². The summed E-state index contributed by atoms with van der Waals surface area (Å²) < 4.78 is 45.2. The Morgan fingerprint density at radius 3 is 2.39 bits per heavy atom. The number of pyridine rings is 2. The molecule has 1 aliphatic heterocycles. The summed E-state index contributed by atoms with van der Waals surface area (Å²) in [6.07, 6.45) is -1.58. The maximum atomic E-state index is 13.4. The van der Waals surface area contributed by atoms with Crippen LogP contribution in [-0.2, 0) is 6.18 Å². The summed E-state index contributed by atoms with van der Waals surface area (Å²) in [6, 6.07) is 13.0. The van der Waals surface area contributed by atoms with Gasteiger partial charge in [0.15, 0.2) is 0 Å². The third-order valence-corrected chi connectivity index (χ3v) is 5.60. The summed E-state index contributed by atoms with van der Waals surface area (Å²) in [5, 5.41) is 4.09. The molecule has 0 bridgehead atoms. The Morgan fingerprint density at radius 1 is 0.970 bits per heavy atom. The van der Waals surface area contributed by atoms with Crippen LogP contribution in [0, 0.1) is 0 Å². The molecular formula is C23H18F3N5O2. The molecular weight excluding hydrogens is 435 g/mol. The van der Waals surface area contributed by atoms with Crippen molar-refractivity contribution in [2.24, 2.45) is 0 Å². The first-order chi connectivity index (χ1) is 15.9. The average molecular weight is 453 g/mol. The number of alkyl halides is 3. The quantitative estimate of drug-likeness (QED) is 0.461. The van der Waals surface area contributed by atoms with Crippen LogP contribution in [0.5, 0.6) is 0 Å². The monoisotopic (exact) mass is 453 g/mol. The van der Waals surface area contributed by atoms with Crippen molar-refractivity contribution in [2.75, 3.05) is 31.1 Å². The minimum absolute atomic E-state index is 0.170. The van der Waals surface area contributed by atoms with Crippen LogP contribution in [0.25, 0.3) is 22.0 Å².